The smallest absolute Gasteiger partial charge is 0.0564 e. The van der Waals surface area contributed by atoms with Crippen molar-refractivity contribution in [2.45, 2.75) is 33.7 Å². The molecule has 0 amide bonds. The average molecular weight is 221 g/mol. The van der Waals surface area contributed by atoms with Crippen molar-refractivity contribution < 1.29 is 0 Å². The van der Waals surface area contributed by atoms with E-state index in [1.807, 2.05) is 12.3 Å². The molecule has 0 saturated carbocycles. The number of anilines is 1. The Hall–Kier alpha value is -1.09. The molecule has 1 heterocycles. The second kappa shape index (κ2) is 7.23. The van der Waals surface area contributed by atoms with Gasteiger partial charge in [0.15, 0.2) is 0 Å². The minimum atomic E-state index is 0.939. The molecule has 0 unspecified atom stereocenters. The minimum absolute atomic E-state index is 0.939. The van der Waals surface area contributed by atoms with Crippen molar-refractivity contribution in [2.75, 3.05) is 25.0 Å². The first-order valence-electron chi connectivity index (χ1n) is 6.21. The van der Waals surface area contributed by atoms with Crippen LogP contribution in [0.25, 0.3) is 0 Å². The third kappa shape index (κ3) is 4.19. The first-order chi connectivity index (χ1) is 7.80. The van der Waals surface area contributed by atoms with Gasteiger partial charge >= 0.3 is 0 Å². The molecular weight excluding hydrogens is 198 g/mol. The van der Waals surface area contributed by atoms with Crippen LogP contribution in [0.5, 0.6) is 0 Å². The Morgan fingerprint density at radius 1 is 1.25 bits per heavy atom. The lowest BCUT2D eigenvalue weighted by molar-refractivity contribution is 0.292. The largest absolute Gasteiger partial charge is 0.385 e. The molecule has 1 N–H and O–H groups in total. The fourth-order valence-electron chi connectivity index (χ4n) is 1.62. The van der Waals surface area contributed by atoms with Crippen LogP contribution in [0.1, 0.15) is 32.9 Å². The number of aromatic nitrogens is 1. The van der Waals surface area contributed by atoms with Crippen LogP contribution in [0.3, 0.4) is 0 Å². The normalized spacial score (nSPS) is 10.8. The van der Waals surface area contributed by atoms with Crippen LogP contribution in [0.2, 0.25) is 0 Å². The Morgan fingerprint density at radius 2 is 2.00 bits per heavy atom. The van der Waals surface area contributed by atoms with Gasteiger partial charge in [-0.3, -0.25) is 9.88 Å². The monoisotopic (exact) mass is 221 g/mol. The molecule has 90 valence electrons. The first kappa shape index (κ1) is 13.0. The Morgan fingerprint density at radius 3 is 2.62 bits per heavy atom. The zero-order chi connectivity index (χ0) is 11.8. The molecule has 16 heavy (non-hydrogen) atoms. The fraction of sp³-hybridized carbons (Fsp3) is 0.615. The van der Waals surface area contributed by atoms with Crippen LogP contribution >= 0.6 is 0 Å². The summed E-state index contributed by atoms with van der Waals surface area (Å²) in [5, 5.41) is 3.39. The summed E-state index contributed by atoms with van der Waals surface area (Å²) < 4.78 is 0. The molecule has 0 aliphatic rings. The Bertz CT molecular complexity index is 295. The van der Waals surface area contributed by atoms with Crippen molar-refractivity contribution in [1.82, 2.24) is 9.88 Å². The average Bonchev–Trinajstić information content (AvgIpc) is 2.34. The SMILES string of the molecule is CCCNc1ccnc(CN(CC)CC)c1. The summed E-state index contributed by atoms with van der Waals surface area (Å²) in [6.07, 6.45) is 3.03. The Kier molecular flexibility index (Phi) is 5.86. The van der Waals surface area contributed by atoms with Crippen LogP contribution in [0, 0.1) is 0 Å². The maximum Gasteiger partial charge on any atom is 0.0564 e. The lowest BCUT2D eigenvalue weighted by Gasteiger charge is -2.17. The topological polar surface area (TPSA) is 28.2 Å². The van der Waals surface area contributed by atoms with E-state index in [9.17, 15) is 0 Å². The highest BCUT2D eigenvalue weighted by atomic mass is 15.1. The molecule has 0 fully saturated rings. The van der Waals surface area contributed by atoms with E-state index in [2.05, 4.69) is 42.0 Å². The molecule has 1 aromatic rings. The molecule has 0 aromatic carbocycles. The van der Waals surface area contributed by atoms with E-state index in [-0.39, 0.29) is 0 Å². The molecule has 0 saturated heterocycles. The number of hydrogen-bond acceptors (Lipinski definition) is 3. The molecule has 1 aromatic heterocycles. The second-order valence-electron chi connectivity index (χ2n) is 3.92. The summed E-state index contributed by atoms with van der Waals surface area (Å²) in [4.78, 5) is 6.77. The van der Waals surface area contributed by atoms with Gasteiger partial charge in [-0.05, 0) is 31.6 Å². The maximum absolute atomic E-state index is 4.40. The lowest BCUT2D eigenvalue weighted by atomic mass is 10.3. The summed E-state index contributed by atoms with van der Waals surface area (Å²) in [5.74, 6) is 0. The lowest BCUT2D eigenvalue weighted by Crippen LogP contribution is -2.22. The van der Waals surface area contributed by atoms with Crippen molar-refractivity contribution in [2.24, 2.45) is 0 Å². The van der Waals surface area contributed by atoms with Crippen LogP contribution in [-0.4, -0.2) is 29.5 Å². The molecule has 0 aliphatic heterocycles. The summed E-state index contributed by atoms with van der Waals surface area (Å²) in [6.45, 7) is 10.6. The molecule has 0 aliphatic carbocycles. The predicted octanol–water partition coefficient (Wildman–Crippen LogP) is 2.75. The van der Waals surface area contributed by atoms with Gasteiger partial charge in [0.25, 0.3) is 0 Å². The van der Waals surface area contributed by atoms with E-state index in [4.69, 9.17) is 0 Å². The van der Waals surface area contributed by atoms with E-state index < -0.39 is 0 Å². The van der Waals surface area contributed by atoms with Gasteiger partial charge in [-0.15, -0.1) is 0 Å². The summed E-state index contributed by atoms with van der Waals surface area (Å²) in [7, 11) is 0. The standard InChI is InChI=1S/C13H23N3/c1-4-8-14-12-7-9-15-13(10-12)11-16(5-2)6-3/h7,9-10H,4-6,8,11H2,1-3H3,(H,14,15). The third-order valence-electron chi connectivity index (χ3n) is 2.68. The zero-order valence-electron chi connectivity index (χ0n) is 10.7. The molecule has 0 spiro atoms. The van der Waals surface area contributed by atoms with Gasteiger partial charge in [0, 0.05) is 25.0 Å². The molecule has 1 rings (SSSR count). The van der Waals surface area contributed by atoms with E-state index >= 15 is 0 Å². The molecule has 0 bridgehead atoms. The maximum atomic E-state index is 4.40. The second-order valence-corrected chi connectivity index (χ2v) is 3.92. The summed E-state index contributed by atoms with van der Waals surface area (Å²) in [6, 6.07) is 4.18. The number of hydrogen-bond donors (Lipinski definition) is 1. The van der Waals surface area contributed by atoms with Crippen molar-refractivity contribution >= 4 is 5.69 Å². The molecular formula is C13H23N3. The minimum Gasteiger partial charge on any atom is -0.385 e. The first-order valence-corrected chi connectivity index (χ1v) is 6.21. The van der Waals surface area contributed by atoms with Crippen LogP contribution in [-0.2, 0) is 6.54 Å². The van der Waals surface area contributed by atoms with Crippen LogP contribution < -0.4 is 5.32 Å². The van der Waals surface area contributed by atoms with Crippen molar-refractivity contribution in [3.05, 3.63) is 24.0 Å². The third-order valence-corrected chi connectivity index (χ3v) is 2.68. The number of nitrogens with one attached hydrogen (secondary N) is 1. The highest BCUT2D eigenvalue weighted by molar-refractivity contribution is 5.43. The van der Waals surface area contributed by atoms with Gasteiger partial charge in [-0.2, -0.15) is 0 Å². The van der Waals surface area contributed by atoms with Crippen LogP contribution in [0.15, 0.2) is 18.3 Å². The summed E-state index contributed by atoms with van der Waals surface area (Å²) >= 11 is 0. The van der Waals surface area contributed by atoms with Gasteiger partial charge < -0.3 is 5.32 Å². The van der Waals surface area contributed by atoms with Crippen molar-refractivity contribution in [1.29, 1.82) is 0 Å². The van der Waals surface area contributed by atoms with Crippen molar-refractivity contribution in [3.63, 3.8) is 0 Å². The predicted molar refractivity (Wildman–Crippen MR) is 69.6 cm³/mol. The Balaban J connectivity index is 2.59. The molecule has 0 radical (unpaired) electrons. The fourth-order valence-corrected chi connectivity index (χ4v) is 1.62. The molecule has 3 heteroatoms. The highest BCUT2D eigenvalue weighted by Gasteiger charge is 2.02. The molecule has 0 atom stereocenters. The van der Waals surface area contributed by atoms with E-state index in [0.29, 0.717) is 0 Å². The van der Waals surface area contributed by atoms with Gasteiger partial charge in [-0.1, -0.05) is 20.8 Å². The number of nitrogens with zero attached hydrogens (tertiary/aromatic N) is 2. The highest BCUT2D eigenvalue weighted by Crippen LogP contribution is 2.09. The van der Waals surface area contributed by atoms with Gasteiger partial charge in [0.1, 0.15) is 0 Å². The van der Waals surface area contributed by atoms with Crippen LogP contribution in [0.4, 0.5) is 5.69 Å². The quantitative estimate of drug-likeness (QED) is 0.767. The Labute approximate surface area is 98.9 Å². The zero-order valence-corrected chi connectivity index (χ0v) is 10.7. The van der Waals surface area contributed by atoms with Gasteiger partial charge in [-0.25, -0.2) is 0 Å². The van der Waals surface area contributed by atoms with Gasteiger partial charge in [0.2, 0.25) is 0 Å². The summed E-state index contributed by atoms with van der Waals surface area (Å²) in [5.41, 5.74) is 2.32. The van der Waals surface area contributed by atoms with Crippen molar-refractivity contribution in [3.8, 4) is 0 Å². The number of rotatable bonds is 7. The molecule has 3 nitrogen and oxygen atoms in total. The van der Waals surface area contributed by atoms with E-state index in [1.165, 1.54) is 5.69 Å². The number of pyridine rings is 1. The van der Waals surface area contributed by atoms with Gasteiger partial charge in [0.05, 0.1) is 5.69 Å². The van der Waals surface area contributed by atoms with E-state index in [1.54, 1.807) is 0 Å². The van der Waals surface area contributed by atoms with E-state index in [0.717, 1.165) is 38.3 Å².